The van der Waals surface area contributed by atoms with Crippen molar-refractivity contribution in [3.8, 4) is 0 Å². The molecule has 0 aliphatic rings. The van der Waals surface area contributed by atoms with E-state index < -0.39 is 0 Å². The average Bonchev–Trinajstić information content (AvgIpc) is 2.37. The molecule has 94 valence electrons. The van der Waals surface area contributed by atoms with E-state index in [0.29, 0.717) is 17.3 Å². The minimum Gasteiger partial charge on any atom is -0.310 e. The molecule has 2 aromatic rings. The first-order valence-corrected chi connectivity index (χ1v) is 6.73. The largest absolute Gasteiger partial charge is 0.310 e. The van der Waals surface area contributed by atoms with Crippen molar-refractivity contribution < 1.29 is 4.39 Å². The minimum absolute atomic E-state index is 0.206. The van der Waals surface area contributed by atoms with E-state index in [1.807, 2.05) is 0 Å². The van der Waals surface area contributed by atoms with Crippen molar-refractivity contribution in [3.63, 3.8) is 0 Å². The van der Waals surface area contributed by atoms with E-state index in [2.05, 4.69) is 9.97 Å². The Balaban J connectivity index is 2.08. The number of hydrogen-bond acceptors (Lipinski definition) is 3. The lowest BCUT2D eigenvalue weighted by atomic mass is 10.4. The molecular formula is C12H10ClFN2OS. The fourth-order valence-electron chi connectivity index (χ4n) is 1.38. The topological polar surface area (TPSA) is 45.8 Å². The summed E-state index contributed by atoms with van der Waals surface area (Å²) in [5.41, 5.74) is 0.338. The number of nitrogens with one attached hydrogen (secondary N) is 1. The number of aromatic amines is 1. The second kappa shape index (κ2) is 6.02. The van der Waals surface area contributed by atoms with Crippen LogP contribution in [0.4, 0.5) is 4.39 Å². The van der Waals surface area contributed by atoms with Gasteiger partial charge in [-0.15, -0.1) is 23.4 Å². The number of thioether (sulfide) groups is 1. The second-order valence-electron chi connectivity index (χ2n) is 3.56. The molecule has 0 saturated heterocycles. The van der Waals surface area contributed by atoms with Crippen LogP contribution in [-0.4, -0.2) is 9.97 Å². The summed E-state index contributed by atoms with van der Waals surface area (Å²) in [6, 6.07) is 7.54. The Bertz CT molecular complexity index is 585. The van der Waals surface area contributed by atoms with Gasteiger partial charge >= 0.3 is 0 Å². The Morgan fingerprint density at radius 3 is 2.72 bits per heavy atom. The molecule has 0 bridgehead atoms. The first-order chi connectivity index (χ1) is 8.67. The van der Waals surface area contributed by atoms with Gasteiger partial charge in [0, 0.05) is 11.0 Å². The maximum atomic E-state index is 12.7. The van der Waals surface area contributed by atoms with Gasteiger partial charge in [-0.05, 0) is 24.3 Å². The third-order valence-corrected chi connectivity index (χ3v) is 3.47. The molecule has 0 saturated carbocycles. The highest BCUT2D eigenvalue weighted by molar-refractivity contribution is 7.98. The minimum atomic E-state index is -0.269. The van der Waals surface area contributed by atoms with Crippen LogP contribution < -0.4 is 5.56 Å². The Morgan fingerprint density at radius 1 is 1.33 bits per heavy atom. The van der Waals surface area contributed by atoms with E-state index in [-0.39, 0.29) is 17.3 Å². The molecule has 0 amide bonds. The van der Waals surface area contributed by atoms with Crippen LogP contribution in [-0.2, 0) is 11.6 Å². The molecule has 3 nitrogen and oxygen atoms in total. The van der Waals surface area contributed by atoms with E-state index in [4.69, 9.17) is 11.6 Å². The molecule has 0 radical (unpaired) electrons. The predicted octanol–water partition coefficient (Wildman–Crippen LogP) is 2.94. The van der Waals surface area contributed by atoms with Crippen molar-refractivity contribution in [1.82, 2.24) is 9.97 Å². The van der Waals surface area contributed by atoms with Crippen molar-refractivity contribution in [1.29, 1.82) is 0 Å². The van der Waals surface area contributed by atoms with Crippen LogP contribution in [0.2, 0.25) is 0 Å². The van der Waals surface area contributed by atoms with Gasteiger partial charge in [0.25, 0.3) is 5.56 Å². The zero-order valence-corrected chi connectivity index (χ0v) is 10.9. The van der Waals surface area contributed by atoms with Gasteiger partial charge in [-0.1, -0.05) is 0 Å². The normalized spacial score (nSPS) is 10.6. The molecule has 0 fully saturated rings. The van der Waals surface area contributed by atoms with E-state index in [0.717, 1.165) is 4.90 Å². The first kappa shape index (κ1) is 13.1. The standard InChI is InChI=1S/C12H10ClFN2OS/c13-6-9-5-12(17)16-11(15-9)7-18-10-3-1-8(14)2-4-10/h1-5H,6-7H2,(H,15,16,17). The Labute approximate surface area is 112 Å². The molecule has 1 N–H and O–H groups in total. The zero-order chi connectivity index (χ0) is 13.0. The number of nitrogens with zero attached hydrogens (tertiary/aromatic N) is 1. The quantitative estimate of drug-likeness (QED) is 0.693. The number of hydrogen-bond donors (Lipinski definition) is 1. The summed E-state index contributed by atoms with van der Waals surface area (Å²) in [6.45, 7) is 0. The van der Waals surface area contributed by atoms with Crippen molar-refractivity contribution in [3.05, 3.63) is 58.0 Å². The molecular weight excluding hydrogens is 275 g/mol. The Morgan fingerprint density at radius 2 is 2.06 bits per heavy atom. The molecule has 0 aliphatic carbocycles. The van der Waals surface area contributed by atoms with Crippen LogP contribution in [0.5, 0.6) is 0 Å². The highest BCUT2D eigenvalue weighted by Gasteiger charge is 2.02. The summed E-state index contributed by atoms with van der Waals surface area (Å²) in [4.78, 5) is 19.1. The summed E-state index contributed by atoms with van der Waals surface area (Å²) >= 11 is 7.11. The zero-order valence-electron chi connectivity index (χ0n) is 9.32. The maximum Gasteiger partial charge on any atom is 0.251 e. The van der Waals surface area contributed by atoms with Crippen LogP contribution in [0.3, 0.4) is 0 Å². The molecule has 2 rings (SSSR count). The van der Waals surface area contributed by atoms with Crippen molar-refractivity contribution in [2.45, 2.75) is 16.5 Å². The van der Waals surface area contributed by atoms with Gasteiger partial charge in [-0.2, -0.15) is 0 Å². The van der Waals surface area contributed by atoms with Crippen LogP contribution in [0.15, 0.2) is 40.0 Å². The molecule has 0 aliphatic heterocycles. The number of H-pyrrole nitrogens is 1. The molecule has 0 atom stereocenters. The number of benzene rings is 1. The fourth-order valence-corrected chi connectivity index (χ4v) is 2.29. The van der Waals surface area contributed by atoms with Crippen LogP contribution >= 0.6 is 23.4 Å². The molecule has 1 aromatic heterocycles. The lowest BCUT2D eigenvalue weighted by Gasteiger charge is -2.02. The highest BCUT2D eigenvalue weighted by Crippen LogP contribution is 2.21. The van der Waals surface area contributed by atoms with Crippen LogP contribution in [0, 0.1) is 5.82 Å². The summed E-state index contributed by atoms with van der Waals surface area (Å²) in [5, 5.41) is 0. The van der Waals surface area contributed by atoms with Gasteiger partial charge in [0.05, 0.1) is 17.3 Å². The molecule has 18 heavy (non-hydrogen) atoms. The van der Waals surface area contributed by atoms with E-state index >= 15 is 0 Å². The Hall–Kier alpha value is -1.33. The van der Waals surface area contributed by atoms with Gasteiger partial charge < -0.3 is 4.98 Å². The van der Waals surface area contributed by atoms with E-state index in [1.54, 1.807) is 12.1 Å². The summed E-state index contributed by atoms with van der Waals surface area (Å²) < 4.78 is 12.7. The van der Waals surface area contributed by atoms with Gasteiger partial charge in [-0.3, -0.25) is 4.79 Å². The number of aromatic nitrogens is 2. The molecule has 0 unspecified atom stereocenters. The van der Waals surface area contributed by atoms with Gasteiger partial charge in [0.1, 0.15) is 11.6 Å². The highest BCUT2D eigenvalue weighted by atomic mass is 35.5. The third-order valence-electron chi connectivity index (χ3n) is 2.17. The summed E-state index contributed by atoms with van der Waals surface area (Å²) in [7, 11) is 0. The number of alkyl halides is 1. The van der Waals surface area contributed by atoms with Crippen molar-refractivity contribution in [2.24, 2.45) is 0 Å². The predicted molar refractivity (Wildman–Crippen MR) is 70.4 cm³/mol. The second-order valence-corrected chi connectivity index (χ2v) is 4.88. The third kappa shape index (κ3) is 3.58. The first-order valence-electron chi connectivity index (χ1n) is 5.21. The lowest BCUT2D eigenvalue weighted by molar-refractivity contribution is 0.626. The van der Waals surface area contributed by atoms with Crippen molar-refractivity contribution in [2.75, 3.05) is 0 Å². The molecule has 0 spiro atoms. The van der Waals surface area contributed by atoms with Gasteiger partial charge in [0.2, 0.25) is 0 Å². The molecule has 1 aromatic carbocycles. The molecule has 6 heteroatoms. The van der Waals surface area contributed by atoms with Crippen molar-refractivity contribution >= 4 is 23.4 Å². The Kier molecular flexibility index (Phi) is 4.38. The van der Waals surface area contributed by atoms with Crippen LogP contribution in [0.1, 0.15) is 11.5 Å². The lowest BCUT2D eigenvalue weighted by Crippen LogP contribution is -2.11. The summed E-state index contributed by atoms with van der Waals surface area (Å²) in [5.74, 6) is 1.01. The van der Waals surface area contributed by atoms with E-state index in [9.17, 15) is 9.18 Å². The monoisotopic (exact) mass is 284 g/mol. The number of rotatable bonds is 4. The van der Waals surface area contributed by atoms with E-state index in [1.165, 1.54) is 30.0 Å². The molecule has 1 heterocycles. The maximum absolute atomic E-state index is 12.7. The van der Waals surface area contributed by atoms with Crippen LogP contribution in [0.25, 0.3) is 0 Å². The summed E-state index contributed by atoms with van der Waals surface area (Å²) in [6.07, 6.45) is 0. The fraction of sp³-hybridized carbons (Fsp3) is 0.167. The average molecular weight is 285 g/mol. The van der Waals surface area contributed by atoms with Gasteiger partial charge in [-0.25, -0.2) is 9.37 Å². The SMILES string of the molecule is O=c1cc(CCl)nc(CSc2ccc(F)cc2)[nH]1. The van der Waals surface area contributed by atoms with Gasteiger partial charge in [0.15, 0.2) is 0 Å². The number of halogens is 2. The smallest absolute Gasteiger partial charge is 0.251 e.